The maximum atomic E-state index is 11.7. The van der Waals surface area contributed by atoms with Crippen molar-refractivity contribution in [2.45, 2.75) is 6.92 Å². The molecule has 5 heteroatoms. The molecule has 0 aliphatic carbocycles. The van der Waals surface area contributed by atoms with Crippen LogP contribution < -0.4 is 0 Å². The minimum absolute atomic E-state index is 0.311. The highest BCUT2D eigenvalue weighted by molar-refractivity contribution is 6.42. The largest absolute Gasteiger partial charge is 0.462 e. The predicted octanol–water partition coefficient (Wildman–Crippen LogP) is 5.33. The number of carbonyl (C=O) groups excluding carboxylic acids is 1. The van der Waals surface area contributed by atoms with Gasteiger partial charge in [-0.3, -0.25) is 0 Å². The average molecular weight is 348 g/mol. The van der Waals surface area contributed by atoms with Crippen LogP contribution in [-0.2, 0) is 11.8 Å². The molecule has 118 valence electrons. The second kappa shape index (κ2) is 6.26. The Morgan fingerprint density at radius 2 is 1.74 bits per heavy atom. The van der Waals surface area contributed by atoms with Crippen LogP contribution in [0.4, 0.5) is 0 Å². The number of aryl methyl sites for hydroxylation is 1. The zero-order valence-electron chi connectivity index (χ0n) is 12.8. The summed E-state index contributed by atoms with van der Waals surface area (Å²) in [5.41, 5.74) is 3.57. The Morgan fingerprint density at radius 3 is 2.39 bits per heavy atom. The molecule has 3 aromatic rings. The van der Waals surface area contributed by atoms with E-state index in [4.69, 9.17) is 27.9 Å². The van der Waals surface area contributed by atoms with Gasteiger partial charge in [0.2, 0.25) is 0 Å². The number of nitrogens with zero attached hydrogens (tertiary/aromatic N) is 1. The monoisotopic (exact) mass is 347 g/mol. The number of ether oxygens (including phenoxy) is 1. The lowest BCUT2D eigenvalue weighted by Gasteiger charge is -2.06. The van der Waals surface area contributed by atoms with E-state index < -0.39 is 0 Å². The Kier molecular flexibility index (Phi) is 4.33. The Labute approximate surface area is 144 Å². The third-order valence-corrected chi connectivity index (χ3v) is 4.50. The number of hydrogen-bond donors (Lipinski definition) is 0. The van der Waals surface area contributed by atoms with Crippen LogP contribution in [0.15, 0.2) is 42.5 Å². The molecule has 3 rings (SSSR count). The molecule has 0 unspecified atom stereocenters. The number of rotatable bonds is 3. The lowest BCUT2D eigenvalue weighted by molar-refractivity contribution is 0.0526. The standard InChI is InChI=1S/C18H15Cl2NO2/c1-3-23-18(22)12-6-4-11(5-7-12)16-9-13-8-14(19)15(20)10-17(13)21(16)2/h4-10H,3H2,1-2H3. The number of halogens is 2. The second-order valence-electron chi connectivity index (χ2n) is 5.21. The molecule has 3 nitrogen and oxygen atoms in total. The Hall–Kier alpha value is -1.97. The van der Waals surface area contributed by atoms with Crippen molar-refractivity contribution in [3.63, 3.8) is 0 Å². The van der Waals surface area contributed by atoms with E-state index in [0.717, 1.165) is 22.2 Å². The van der Waals surface area contributed by atoms with Gasteiger partial charge in [-0.25, -0.2) is 4.79 Å². The van der Waals surface area contributed by atoms with Gasteiger partial charge >= 0.3 is 5.97 Å². The summed E-state index contributed by atoms with van der Waals surface area (Å²) >= 11 is 12.2. The molecular weight excluding hydrogens is 333 g/mol. The van der Waals surface area contributed by atoms with Gasteiger partial charge in [-0.1, -0.05) is 35.3 Å². The number of carbonyl (C=O) groups is 1. The highest BCUT2D eigenvalue weighted by Gasteiger charge is 2.12. The molecule has 0 aliphatic rings. The highest BCUT2D eigenvalue weighted by atomic mass is 35.5. The van der Waals surface area contributed by atoms with Crippen LogP contribution in [0.3, 0.4) is 0 Å². The summed E-state index contributed by atoms with van der Waals surface area (Å²) in [5, 5.41) is 2.09. The SMILES string of the molecule is CCOC(=O)c1ccc(-c2cc3cc(Cl)c(Cl)cc3n2C)cc1. The first-order chi connectivity index (χ1) is 11.0. The van der Waals surface area contributed by atoms with E-state index in [1.807, 2.05) is 31.3 Å². The third kappa shape index (κ3) is 2.94. The van der Waals surface area contributed by atoms with Gasteiger partial charge in [0.25, 0.3) is 0 Å². The van der Waals surface area contributed by atoms with Crippen molar-refractivity contribution in [3.05, 3.63) is 58.1 Å². The lowest BCUT2D eigenvalue weighted by atomic mass is 10.1. The van der Waals surface area contributed by atoms with Crippen LogP contribution in [0.5, 0.6) is 0 Å². The van der Waals surface area contributed by atoms with Crippen LogP contribution >= 0.6 is 23.2 Å². The average Bonchev–Trinajstić information content (AvgIpc) is 2.85. The molecule has 0 fully saturated rings. The fourth-order valence-corrected chi connectivity index (χ4v) is 2.93. The van der Waals surface area contributed by atoms with Gasteiger partial charge in [0.05, 0.1) is 22.2 Å². The third-order valence-electron chi connectivity index (χ3n) is 3.78. The lowest BCUT2D eigenvalue weighted by Crippen LogP contribution is -2.04. The van der Waals surface area contributed by atoms with Gasteiger partial charge in [0.15, 0.2) is 0 Å². The quantitative estimate of drug-likeness (QED) is 0.599. The first kappa shape index (κ1) is 15.9. The Bertz CT molecular complexity index is 882. The van der Waals surface area contributed by atoms with E-state index in [1.165, 1.54) is 0 Å². The number of hydrogen-bond acceptors (Lipinski definition) is 2. The predicted molar refractivity (Wildman–Crippen MR) is 94.3 cm³/mol. The zero-order chi connectivity index (χ0) is 16.6. The molecule has 1 aromatic heterocycles. The first-order valence-corrected chi connectivity index (χ1v) is 7.99. The molecule has 0 saturated heterocycles. The van der Waals surface area contributed by atoms with E-state index in [0.29, 0.717) is 22.2 Å². The van der Waals surface area contributed by atoms with Gasteiger partial charge in [0.1, 0.15) is 0 Å². The van der Waals surface area contributed by atoms with E-state index in [2.05, 4.69) is 10.6 Å². The topological polar surface area (TPSA) is 31.2 Å². The van der Waals surface area contributed by atoms with Crippen LogP contribution in [0.2, 0.25) is 10.0 Å². The van der Waals surface area contributed by atoms with Crippen LogP contribution in [0, 0.1) is 0 Å². The highest BCUT2D eigenvalue weighted by Crippen LogP contribution is 2.33. The second-order valence-corrected chi connectivity index (χ2v) is 6.03. The molecule has 0 N–H and O–H groups in total. The van der Waals surface area contributed by atoms with Crippen molar-refractivity contribution in [1.82, 2.24) is 4.57 Å². The summed E-state index contributed by atoms with van der Waals surface area (Å²) < 4.78 is 7.05. The van der Waals surface area contributed by atoms with Crippen molar-refractivity contribution >= 4 is 40.1 Å². The molecule has 23 heavy (non-hydrogen) atoms. The Balaban J connectivity index is 2.03. The van der Waals surface area contributed by atoms with E-state index in [1.54, 1.807) is 19.1 Å². The fraction of sp³-hybridized carbons (Fsp3) is 0.167. The molecule has 0 radical (unpaired) electrons. The normalized spacial score (nSPS) is 11.0. The molecule has 0 spiro atoms. The van der Waals surface area contributed by atoms with Crippen molar-refractivity contribution in [3.8, 4) is 11.3 Å². The number of fused-ring (bicyclic) bond motifs is 1. The number of benzene rings is 2. The van der Waals surface area contributed by atoms with Crippen molar-refractivity contribution in [2.75, 3.05) is 6.61 Å². The molecule has 0 atom stereocenters. The molecule has 0 bridgehead atoms. The van der Waals surface area contributed by atoms with Gasteiger partial charge in [0, 0.05) is 23.6 Å². The molecule has 2 aromatic carbocycles. The van der Waals surface area contributed by atoms with Gasteiger partial charge in [-0.05, 0) is 42.8 Å². The van der Waals surface area contributed by atoms with Gasteiger partial charge in [-0.15, -0.1) is 0 Å². The van der Waals surface area contributed by atoms with Crippen LogP contribution in [-0.4, -0.2) is 17.1 Å². The molecule has 0 aliphatic heterocycles. The van der Waals surface area contributed by atoms with E-state index >= 15 is 0 Å². The minimum atomic E-state index is -0.311. The molecular formula is C18H15Cl2NO2. The maximum absolute atomic E-state index is 11.7. The number of aromatic nitrogens is 1. The Morgan fingerprint density at radius 1 is 1.09 bits per heavy atom. The van der Waals surface area contributed by atoms with Crippen molar-refractivity contribution in [1.29, 1.82) is 0 Å². The summed E-state index contributed by atoms with van der Waals surface area (Å²) in [4.78, 5) is 11.7. The van der Waals surface area contributed by atoms with Gasteiger partial charge < -0.3 is 9.30 Å². The number of esters is 1. The summed E-state index contributed by atoms with van der Waals surface area (Å²) in [6.07, 6.45) is 0. The van der Waals surface area contributed by atoms with Crippen molar-refractivity contribution in [2.24, 2.45) is 7.05 Å². The van der Waals surface area contributed by atoms with Crippen molar-refractivity contribution < 1.29 is 9.53 Å². The molecule has 0 saturated carbocycles. The molecule has 1 heterocycles. The van der Waals surface area contributed by atoms with Crippen LogP contribution in [0.25, 0.3) is 22.2 Å². The van der Waals surface area contributed by atoms with E-state index in [9.17, 15) is 4.79 Å². The zero-order valence-corrected chi connectivity index (χ0v) is 14.3. The van der Waals surface area contributed by atoms with Gasteiger partial charge in [-0.2, -0.15) is 0 Å². The van der Waals surface area contributed by atoms with E-state index in [-0.39, 0.29) is 5.97 Å². The summed E-state index contributed by atoms with van der Waals surface area (Å²) in [6, 6.07) is 13.1. The van der Waals surface area contributed by atoms with Crippen LogP contribution in [0.1, 0.15) is 17.3 Å². The first-order valence-electron chi connectivity index (χ1n) is 7.23. The minimum Gasteiger partial charge on any atom is -0.462 e. The summed E-state index contributed by atoms with van der Waals surface area (Å²) in [6.45, 7) is 2.16. The maximum Gasteiger partial charge on any atom is 0.338 e. The molecule has 0 amide bonds. The summed E-state index contributed by atoms with van der Waals surface area (Å²) in [7, 11) is 1.97. The summed E-state index contributed by atoms with van der Waals surface area (Å²) in [5.74, 6) is -0.311. The fourth-order valence-electron chi connectivity index (χ4n) is 2.60. The smallest absolute Gasteiger partial charge is 0.338 e.